The summed E-state index contributed by atoms with van der Waals surface area (Å²) in [4.78, 5) is 13.7. The van der Waals surface area contributed by atoms with E-state index in [-0.39, 0.29) is 0 Å². The van der Waals surface area contributed by atoms with E-state index in [1.54, 1.807) is 0 Å². The summed E-state index contributed by atoms with van der Waals surface area (Å²) < 4.78 is 5.29. The van der Waals surface area contributed by atoms with Crippen molar-refractivity contribution in [2.75, 3.05) is 39.4 Å². The number of rotatable bonds is 2. The normalized spacial score (nSPS) is 27.2. The summed E-state index contributed by atoms with van der Waals surface area (Å²) in [7, 11) is 0. The molecule has 2 N–H and O–H groups in total. The molecule has 0 radical (unpaired) electrons. The third kappa shape index (κ3) is 2.21. The molecule has 5 heteroatoms. The number of ether oxygens (including phenoxy) is 1. The van der Waals surface area contributed by atoms with E-state index < -0.39 is 11.5 Å². The van der Waals surface area contributed by atoms with Gasteiger partial charge < -0.3 is 15.2 Å². The van der Waals surface area contributed by atoms with Gasteiger partial charge >= 0.3 is 5.97 Å². The van der Waals surface area contributed by atoms with Crippen LogP contribution in [0.1, 0.15) is 19.3 Å². The second-order valence-corrected chi connectivity index (χ2v) is 4.54. The molecule has 2 rings (SSSR count). The Morgan fingerprint density at radius 1 is 1.25 bits per heavy atom. The van der Waals surface area contributed by atoms with Gasteiger partial charge in [0.05, 0.1) is 0 Å². The first kappa shape index (κ1) is 11.8. The van der Waals surface area contributed by atoms with Crippen LogP contribution in [0.3, 0.4) is 0 Å². The highest BCUT2D eigenvalue weighted by Gasteiger charge is 2.45. The van der Waals surface area contributed by atoms with Gasteiger partial charge in [-0.05, 0) is 25.8 Å². The van der Waals surface area contributed by atoms with Gasteiger partial charge in [-0.2, -0.15) is 0 Å². The summed E-state index contributed by atoms with van der Waals surface area (Å²) in [5.41, 5.74) is -0.676. The van der Waals surface area contributed by atoms with E-state index in [0.29, 0.717) is 26.1 Å². The fraction of sp³-hybridized carbons (Fsp3) is 0.909. The molecule has 2 saturated heterocycles. The molecule has 0 saturated carbocycles. The van der Waals surface area contributed by atoms with Crippen molar-refractivity contribution in [2.24, 2.45) is 0 Å². The lowest BCUT2D eigenvalue weighted by Crippen LogP contribution is -2.58. The Balaban J connectivity index is 2.12. The third-order valence-electron chi connectivity index (χ3n) is 3.66. The first-order chi connectivity index (χ1) is 7.76. The fourth-order valence-corrected chi connectivity index (χ4v) is 2.65. The second kappa shape index (κ2) is 5.12. The third-order valence-corrected chi connectivity index (χ3v) is 3.66. The van der Waals surface area contributed by atoms with Gasteiger partial charge in [0, 0.05) is 32.8 Å². The summed E-state index contributed by atoms with van der Waals surface area (Å²) in [6.45, 7) is 4.71. The molecular formula is C11H20N2O3. The molecule has 0 aromatic rings. The van der Waals surface area contributed by atoms with E-state index in [2.05, 4.69) is 10.2 Å². The van der Waals surface area contributed by atoms with Crippen molar-refractivity contribution in [3.8, 4) is 0 Å². The molecule has 5 nitrogen and oxygen atoms in total. The van der Waals surface area contributed by atoms with Crippen LogP contribution in [-0.2, 0) is 9.53 Å². The van der Waals surface area contributed by atoms with Gasteiger partial charge in [-0.1, -0.05) is 0 Å². The average molecular weight is 228 g/mol. The lowest BCUT2D eigenvalue weighted by Gasteiger charge is -2.42. The first-order valence-corrected chi connectivity index (χ1v) is 6.03. The number of nitrogens with one attached hydrogen (secondary N) is 1. The van der Waals surface area contributed by atoms with Crippen molar-refractivity contribution in [3.63, 3.8) is 0 Å². The van der Waals surface area contributed by atoms with Crippen LogP contribution in [0.15, 0.2) is 0 Å². The molecule has 0 atom stereocenters. The zero-order valence-electron chi connectivity index (χ0n) is 9.57. The fourth-order valence-electron chi connectivity index (χ4n) is 2.65. The Morgan fingerprint density at radius 2 is 2.00 bits per heavy atom. The standard InChI is InChI=1S/C11H20N2O3/c14-10(15)11(2-8-16-9-3-11)13-6-1-4-12-5-7-13/h12H,1-9H2,(H,14,15). The quantitative estimate of drug-likeness (QED) is 0.692. The molecule has 0 amide bonds. The average Bonchev–Trinajstić information content (AvgIpc) is 2.58. The number of hydrogen-bond donors (Lipinski definition) is 2. The van der Waals surface area contributed by atoms with Crippen LogP contribution in [0.5, 0.6) is 0 Å². The van der Waals surface area contributed by atoms with Crippen LogP contribution >= 0.6 is 0 Å². The monoisotopic (exact) mass is 228 g/mol. The van der Waals surface area contributed by atoms with Gasteiger partial charge in [-0.25, -0.2) is 0 Å². The minimum absolute atomic E-state index is 0.566. The Hall–Kier alpha value is -0.650. The molecule has 2 aliphatic heterocycles. The molecular weight excluding hydrogens is 208 g/mol. The van der Waals surface area contributed by atoms with E-state index in [9.17, 15) is 9.90 Å². The van der Waals surface area contributed by atoms with Crippen molar-refractivity contribution in [1.82, 2.24) is 10.2 Å². The Kier molecular flexibility index (Phi) is 3.78. The molecule has 0 aliphatic carbocycles. The summed E-state index contributed by atoms with van der Waals surface area (Å²) in [5.74, 6) is -0.683. The van der Waals surface area contributed by atoms with Crippen molar-refractivity contribution in [2.45, 2.75) is 24.8 Å². The van der Waals surface area contributed by atoms with Gasteiger partial charge in [0.1, 0.15) is 5.54 Å². The highest BCUT2D eigenvalue weighted by atomic mass is 16.5. The zero-order valence-corrected chi connectivity index (χ0v) is 9.57. The number of carboxylic acids is 1. The van der Waals surface area contributed by atoms with Crippen LogP contribution in [0.4, 0.5) is 0 Å². The predicted octanol–water partition coefficient (Wildman–Crippen LogP) is -0.0845. The van der Waals surface area contributed by atoms with Crippen LogP contribution in [0.2, 0.25) is 0 Å². The Morgan fingerprint density at radius 3 is 2.69 bits per heavy atom. The molecule has 0 spiro atoms. The van der Waals surface area contributed by atoms with Gasteiger partial charge in [-0.15, -0.1) is 0 Å². The molecule has 0 aromatic heterocycles. The first-order valence-electron chi connectivity index (χ1n) is 6.03. The number of hydrogen-bond acceptors (Lipinski definition) is 4. The Bertz CT molecular complexity index is 244. The van der Waals surface area contributed by atoms with E-state index in [0.717, 1.165) is 32.6 Å². The van der Waals surface area contributed by atoms with Crippen molar-refractivity contribution < 1.29 is 14.6 Å². The van der Waals surface area contributed by atoms with E-state index >= 15 is 0 Å². The van der Waals surface area contributed by atoms with E-state index in [1.165, 1.54) is 0 Å². The molecule has 2 fully saturated rings. The molecule has 2 aliphatic rings. The highest BCUT2D eigenvalue weighted by Crippen LogP contribution is 2.28. The zero-order chi connectivity index (χ0) is 11.4. The van der Waals surface area contributed by atoms with Gasteiger partial charge in [0.25, 0.3) is 0 Å². The molecule has 0 unspecified atom stereocenters. The number of carbonyl (C=O) groups is 1. The highest BCUT2D eigenvalue weighted by molar-refractivity contribution is 5.79. The van der Waals surface area contributed by atoms with Crippen molar-refractivity contribution >= 4 is 5.97 Å². The lowest BCUT2D eigenvalue weighted by atomic mass is 9.87. The number of carboxylic acid groups (broad SMARTS) is 1. The van der Waals surface area contributed by atoms with Crippen molar-refractivity contribution in [3.05, 3.63) is 0 Å². The minimum atomic E-state index is -0.683. The summed E-state index contributed by atoms with van der Waals surface area (Å²) >= 11 is 0. The van der Waals surface area contributed by atoms with E-state index in [4.69, 9.17) is 4.74 Å². The minimum Gasteiger partial charge on any atom is -0.480 e. The Labute approximate surface area is 95.8 Å². The largest absolute Gasteiger partial charge is 0.480 e. The van der Waals surface area contributed by atoms with Crippen LogP contribution in [0.25, 0.3) is 0 Å². The van der Waals surface area contributed by atoms with Gasteiger partial charge in [0.2, 0.25) is 0 Å². The molecule has 92 valence electrons. The van der Waals surface area contributed by atoms with Gasteiger partial charge in [0.15, 0.2) is 0 Å². The predicted molar refractivity (Wildman–Crippen MR) is 59.5 cm³/mol. The van der Waals surface area contributed by atoms with Crippen molar-refractivity contribution in [1.29, 1.82) is 0 Å². The second-order valence-electron chi connectivity index (χ2n) is 4.54. The maximum atomic E-state index is 11.6. The SMILES string of the molecule is O=C(O)C1(N2CCCNCC2)CCOCC1. The van der Waals surface area contributed by atoms with Gasteiger partial charge in [-0.3, -0.25) is 9.69 Å². The number of aliphatic carboxylic acids is 1. The maximum absolute atomic E-state index is 11.6. The summed E-state index contributed by atoms with van der Waals surface area (Å²) in [5, 5.41) is 12.8. The number of nitrogens with zero attached hydrogens (tertiary/aromatic N) is 1. The topological polar surface area (TPSA) is 61.8 Å². The van der Waals surface area contributed by atoms with E-state index in [1.807, 2.05) is 0 Å². The maximum Gasteiger partial charge on any atom is 0.324 e. The molecule has 2 heterocycles. The van der Waals surface area contributed by atoms with Crippen LogP contribution < -0.4 is 5.32 Å². The molecule has 16 heavy (non-hydrogen) atoms. The summed E-state index contributed by atoms with van der Waals surface area (Å²) in [6, 6.07) is 0. The lowest BCUT2D eigenvalue weighted by molar-refractivity contribution is -0.158. The molecule has 0 aromatic carbocycles. The molecule has 0 bridgehead atoms. The summed E-state index contributed by atoms with van der Waals surface area (Å²) in [6.07, 6.45) is 2.25. The van der Waals surface area contributed by atoms with Crippen LogP contribution in [0, 0.1) is 0 Å². The smallest absolute Gasteiger partial charge is 0.324 e. The van der Waals surface area contributed by atoms with Crippen LogP contribution in [-0.4, -0.2) is 60.9 Å².